The Kier molecular flexibility index (Phi) is 6.50. The van der Waals surface area contributed by atoms with E-state index in [1.165, 1.54) is 44.9 Å². The Morgan fingerprint density at radius 1 is 1.13 bits per heavy atom. The van der Waals surface area contributed by atoms with Crippen molar-refractivity contribution in [1.29, 1.82) is 0 Å². The van der Waals surface area contributed by atoms with E-state index >= 15 is 0 Å². The van der Waals surface area contributed by atoms with Crippen LogP contribution in [0.3, 0.4) is 0 Å². The molecule has 174 valence electrons. The maximum atomic E-state index is 11.5. The fourth-order valence-corrected chi connectivity index (χ4v) is 8.57. The third-order valence-electron chi connectivity index (χ3n) is 10.1. The third kappa shape index (κ3) is 4.18. The topological polar surface area (TPSA) is 26.3 Å². The van der Waals surface area contributed by atoms with E-state index in [1.54, 1.807) is 12.5 Å². The van der Waals surface area contributed by atoms with E-state index in [-0.39, 0.29) is 12.1 Å². The van der Waals surface area contributed by atoms with E-state index in [4.69, 9.17) is 4.74 Å². The van der Waals surface area contributed by atoms with Gasteiger partial charge in [0.25, 0.3) is 0 Å². The summed E-state index contributed by atoms with van der Waals surface area (Å²) < 4.78 is 5.61. The molecule has 31 heavy (non-hydrogen) atoms. The lowest BCUT2D eigenvalue weighted by molar-refractivity contribution is -0.148. The van der Waals surface area contributed by atoms with Crippen LogP contribution >= 0.6 is 0 Å². The number of carbonyl (C=O) groups excluding carboxylic acids is 1. The first kappa shape index (κ1) is 23.1. The fraction of sp³-hybridized carbons (Fsp3) is 0.828. The molecule has 0 heterocycles. The first-order valence-corrected chi connectivity index (χ1v) is 13.2. The number of allylic oxidation sites excluding steroid dienone is 3. The molecule has 0 aliphatic heterocycles. The molecular formula is C29H46O2. The molecule has 0 aromatic heterocycles. The van der Waals surface area contributed by atoms with E-state index in [9.17, 15) is 4.79 Å². The van der Waals surface area contributed by atoms with Gasteiger partial charge in [-0.3, -0.25) is 4.79 Å². The van der Waals surface area contributed by atoms with Gasteiger partial charge in [-0.05, 0) is 97.7 Å². The molecule has 4 aliphatic carbocycles. The zero-order valence-corrected chi connectivity index (χ0v) is 21.0. The van der Waals surface area contributed by atoms with Crippen LogP contribution in [0.1, 0.15) is 99.3 Å². The monoisotopic (exact) mass is 426 g/mol. The molecule has 0 amide bonds. The summed E-state index contributed by atoms with van der Waals surface area (Å²) in [4.78, 5) is 11.5. The maximum Gasteiger partial charge on any atom is 0.302 e. The lowest BCUT2D eigenvalue weighted by Crippen LogP contribution is -2.51. The van der Waals surface area contributed by atoms with Crippen LogP contribution in [0.5, 0.6) is 0 Å². The summed E-state index contributed by atoms with van der Waals surface area (Å²) >= 11 is 0. The molecule has 0 aromatic rings. The summed E-state index contributed by atoms with van der Waals surface area (Å²) in [6.07, 6.45) is 19.0. The van der Waals surface area contributed by atoms with Crippen molar-refractivity contribution in [2.75, 3.05) is 0 Å². The van der Waals surface area contributed by atoms with Crippen molar-refractivity contribution in [3.05, 3.63) is 23.8 Å². The normalized spacial score (nSPS) is 43.2. The highest BCUT2D eigenvalue weighted by molar-refractivity contribution is 5.66. The van der Waals surface area contributed by atoms with Crippen molar-refractivity contribution in [2.24, 2.45) is 46.3 Å². The summed E-state index contributed by atoms with van der Waals surface area (Å²) in [5, 5.41) is 0. The Morgan fingerprint density at radius 3 is 2.61 bits per heavy atom. The van der Waals surface area contributed by atoms with Gasteiger partial charge in [-0.2, -0.15) is 0 Å². The van der Waals surface area contributed by atoms with Gasteiger partial charge >= 0.3 is 5.97 Å². The smallest absolute Gasteiger partial charge is 0.302 e. The average molecular weight is 427 g/mol. The second kappa shape index (κ2) is 8.71. The minimum atomic E-state index is -0.120. The van der Waals surface area contributed by atoms with Crippen LogP contribution in [0.2, 0.25) is 0 Å². The Labute approximate surface area is 191 Å². The Hall–Kier alpha value is -1.05. The molecule has 2 heteroatoms. The lowest BCUT2D eigenvalue weighted by Gasteiger charge is -2.58. The van der Waals surface area contributed by atoms with Gasteiger partial charge in [0.2, 0.25) is 0 Å². The third-order valence-corrected chi connectivity index (χ3v) is 10.1. The summed E-state index contributed by atoms with van der Waals surface area (Å²) in [5.74, 6) is 4.76. The molecule has 0 bridgehead atoms. The number of esters is 1. The maximum absolute atomic E-state index is 11.5. The average Bonchev–Trinajstić information content (AvgIpc) is 3.05. The first-order chi connectivity index (χ1) is 14.6. The van der Waals surface area contributed by atoms with Crippen molar-refractivity contribution in [3.8, 4) is 0 Å². The molecule has 0 N–H and O–H groups in total. The molecule has 3 fully saturated rings. The van der Waals surface area contributed by atoms with Crippen molar-refractivity contribution in [3.63, 3.8) is 0 Å². The SMILES string of the molecule is CC(=O)O[C@H]1CC[C@@]2(C)C(=CC[C@H]3[C@@H]4CC[C@H]([C@H](C)/C=C/CC(C)C)[C@@]4(C)CC[C@@H]32)C1. The number of carbonyl (C=O) groups is 1. The Balaban J connectivity index is 1.50. The summed E-state index contributed by atoms with van der Waals surface area (Å²) in [6, 6.07) is 0. The highest BCUT2D eigenvalue weighted by Gasteiger charge is 2.59. The number of rotatable bonds is 5. The number of hydrogen-bond donors (Lipinski definition) is 0. The molecule has 2 nitrogen and oxygen atoms in total. The number of fused-ring (bicyclic) bond motifs is 5. The molecule has 0 unspecified atom stereocenters. The van der Waals surface area contributed by atoms with Gasteiger partial charge in [-0.15, -0.1) is 0 Å². The van der Waals surface area contributed by atoms with Crippen LogP contribution < -0.4 is 0 Å². The minimum absolute atomic E-state index is 0.108. The molecule has 0 aromatic carbocycles. The van der Waals surface area contributed by atoms with E-state index in [0.29, 0.717) is 16.7 Å². The fourth-order valence-electron chi connectivity index (χ4n) is 8.57. The van der Waals surface area contributed by atoms with Crippen LogP contribution in [0.15, 0.2) is 23.8 Å². The van der Waals surface area contributed by atoms with Gasteiger partial charge < -0.3 is 4.74 Å². The number of hydrogen-bond acceptors (Lipinski definition) is 2. The van der Waals surface area contributed by atoms with E-state index in [2.05, 4.69) is 52.8 Å². The Bertz CT molecular complexity index is 733. The largest absolute Gasteiger partial charge is 0.462 e. The van der Waals surface area contributed by atoms with Crippen molar-refractivity contribution < 1.29 is 9.53 Å². The summed E-state index contributed by atoms with van der Waals surface area (Å²) in [7, 11) is 0. The van der Waals surface area contributed by atoms with E-state index < -0.39 is 0 Å². The molecule has 3 saturated carbocycles. The van der Waals surface area contributed by atoms with Gasteiger partial charge in [0.1, 0.15) is 6.10 Å². The van der Waals surface area contributed by atoms with Crippen LogP contribution in [-0.2, 0) is 9.53 Å². The molecule has 4 aliphatic rings. The zero-order chi connectivity index (χ0) is 22.4. The molecule has 0 radical (unpaired) electrons. The zero-order valence-electron chi connectivity index (χ0n) is 21.0. The van der Waals surface area contributed by atoms with Gasteiger partial charge in [-0.25, -0.2) is 0 Å². The summed E-state index contributed by atoms with van der Waals surface area (Å²) in [5.41, 5.74) is 2.45. The molecule has 0 spiro atoms. The summed E-state index contributed by atoms with van der Waals surface area (Å²) in [6.45, 7) is 13.9. The predicted octanol–water partition coefficient (Wildman–Crippen LogP) is 7.74. The highest BCUT2D eigenvalue weighted by atomic mass is 16.5. The standard InChI is InChI=1S/C29H46O2/c1-19(2)8-7-9-20(3)25-12-13-26-24-11-10-22-18-23(31-21(4)30)14-16-28(22,5)27(24)15-17-29(25,26)6/h7,9-10,19-20,23-27H,8,11-18H2,1-6H3/b9-7+/t20-,23+,24+,25-,26+,27+,28+,29-/m1/s1. The predicted molar refractivity (Wildman–Crippen MR) is 129 cm³/mol. The van der Waals surface area contributed by atoms with Crippen molar-refractivity contribution in [2.45, 2.75) is 105 Å². The van der Waals surface area contributed by atoms with Crippen molar-refractivity contribution >= 4 is 5.97 Å². The van der Waals surface area contributed by atoms with E-state index in [0.717, 1.165) is 42.4 Å². The highest BCUT2D eigenvalue weighted by Crippen LogP contribution is 2.67. The minimum Gasteiger partial charge on any atom is -0.462 e. The van der Waals surface area contributed by atoms with Gasteiger partial charge in [0, 0.05) is 13.3 Å². The van der Waals surface area contributed by atoms with Crippen LogP contribution in [0.25, 0.3) is 0 Å². The molecular weight excluding hydrogens is 380 g/mol. The molecule has 4 rings (SSSR count). The first-order valence-electron chi connectivity index (χ1n) is 13.2. The molecule has 8 atom stereocenters. The van der Waals surface area contributed by atoms with Gasteiger partial charge in [0.15, 0.2) is 0 Å². The molecule has 0 saturated heterocycles. The van der Waals surface area contributed by atoms with Crippen LogP contribution in [0, 0.1) is 46.3 Å². The lowest BCUT2D eigenvalue weighted by atomic mass is 9.47. The van der Waals surface area contributed by atoms with Crippen LogP contribution in [-0.4, -0.2) is 12.1 Å². The number of ether oxygens (including phenoxy) is 1. The van der Waals surface area contributed by atoms with E-state index in [1.807, 2.05) is 0 Å². The quantitative estimate of drug-likeness (QED) is 0.332. The Morgan fingerprint density at radius 2 is 1.90 bits per heavy atom. The van der Waals surface area contributed by atoms with Gasteiger partial charge in [-0.1, -0.05) is 58.4 Å². The second-order valence-corrected chi connectivity index (χ2v) is 12.4. The van der Waals surface area contributed by atoms with Gasteiger partial charge in [0.05, 0.1) is 0 Å². The second-order valence-electron chi connectivity index (χ2n) is 12.4. The van der Waals surface area contributed by atoms with Crippen LogP contribution in [0.4, 0.5) is 0 Å². The van der Waals surface area contributed by atoms with Crippen molar-refractivity contribution in [1.82, 2.24) is 0 Å².